The third-order valence-electron chi connectivity index (χ3n) is 5.38. The number of thioether (sulfide) groups is 1. The van der Waals surface area contributed by atoms with Crippen LogP contribution in [0.2, 0.25) is 5.02 Å². The van der Waals surface area contributed by atoms with Crippen LogP contribution < -0.4 is 10.6 Å². The van der Waals surface area contributed by atoms with Gasteiger partial charge >= 0.3 is 0 Å². The molecule has 37 heavy (non-hydrogen) atoms. The molecule has 4 aromatic rings. The summed E-state index contributed by atoms with van der Waals surface area (Å²) in [6.45, 7) is 3.86. The molecule has 1 heterocycles. The first-order chi connectivity index (χ1) is 17.7. The van der Waals surface area contributed by atoms with Crippen molar-refractivity contribution in [3.05, 3.63) is 98.5 Å². The molecule has 4 rings (SSSR count). The lowest BCUT2D eigenvalue weighted by molar-refractivity contribution is -0.113. The maximum Gasteiger partial charge on any atom is 0.256 e. The van der Waals surface area contributed by atoms with Crippen LogP contribution in [0.1, 0.15) is 27.3 Å². The first-order valence-electron chi connectivity index (χ1n) is 11.2. The maximum absolute atomic E-state index is 14.2. The van der Waals surface area contributed by atoms with E-state index in [1.54, 1.807) is 4.57 Å². The number of hydrogen-bond donors (Lipinski definition) is 2. The van der Waals surface area contributed by atoms with Gasteiger partial charge in [0.25, 0.3) is 5.91 Å². The summed E-state index contributed by atoms with van der Waals surface area (Å²) < 4.78 is 16.8. The van der Waals surface area contributed by atoms with E-state index in [0.717, 1.165) is 27.0 Å². The lowest BCUT2D eigenvalue weighted by atomic mass is 10.1. The summed E-state index contributed by atoms with van der Waals surface area (Å²) in [5.74, 6) is -1.08. The highest BCUT2D eigenvalue weighted by Gasteiger charge is 2.20. The predicted octanol–water partition coefficient (Wildman–Crippen LogP) is 6.10. The smallest absolute Gasteiger partial charge is 0.256 e. The van der Waals surface area contributed by atoms with Gasteiger partial charge < -0.3 is 10.6 Å². The molecule has 11 heteroatoms. The SMILES string of the molecule is Cc1ccc(C)c(NC(=O)CSc2nnc(CNC(=O)c3c(F)cccc3Cl)n2-c2ccc(Br)cc2)c1. The Morgan fingerprint density at radius 1 is 1.08 bits per heavy atom. The van der Waals surface area contributed by atoms with Gasteiger partial charge in [0, 0.05) is 15.8 Å². The van der Waals surface area contributed by atoms with Crippen LogP contribution in [-0.4, -0.2) is 32.3 Å². The minimum Gasteiger partial charge on any atom is -0.345 e. The third-order valence-corrected chi connectivity index (χ3v) is 7.15. The molecule has 0 saturated carbocycles. The fourth-order valence-electron chi connectivity index (χ4n) is 3.51. The number of rotatable bonds is 8. The summed E-state index contributed by atoms with van der Waals surface area (Å²) >= 11 is 10.7. The normalized spacial score (nSPS) is 10.8. The maximum atomic E-state index is 14.2. The Morgan fingerprint density at radius 2 is 1.84 bits per heavy atom. The summed E-state index contributed by atoms with van der Waals surface area (Å²) in [7, 11) is 0. The van der Waals surface area contributed by atoms with E-state index in [1.165, 1.54) is 30.0 Å². The Hall–Kier alpha value is -3.21. The molecule has 0 fully saturated rings. The summed E-state index contributed by atoms with van der Waals surface area (Å²) in [4.78, 5) is 25.3. The van der Waals surface area contributed by atoms with Gasteiger partial charge in [0.2, 0.25) is 5.91 Å². The van der Waals surface area contributed by atoms with Crippen molar-refractivity contribution in [2.75, 3.05) is 11.1 Å². The van der Waals surface area contributed by atoms with Gasteiger partial charge in [-0.3, -0.25) is 14.2 Å². The molecule has 0 bridgehead atoms. The van der Waals surface area contributed by atoms with Crippen molar-refractivity contribution in [1.29, 1.82) is 0 Å². The monoisotopic (exact) mass is 601 g/mol. The van der Waals surface area contributed by atoms with Crippen LogP contribution in [0.5, 0.6) is 0 Å². The van der Waals surface area contributed by atoms with Gasteiger partial charge in [-0.2, -0.15) is 0 Å². The van der Waals surface area contributed by atoms with Crippen molar-refractivity contribution in [3.8, 4) is 5.69 Å². The van der Waals surface area contributed by atoms with E-state index in [2.05, 4.69) is 36.8 Å². The molecule has 0 unspecified atom stereocenters. The van der Waals surface area contributed by atoms with Crippen LogP contribution in [-0.2, 0) is 11.3 Å². The number of carbonyl (C=O) groups excluding carboxylic acids is 2. The Kier molecular flexibility index (Phi) is 8.63. The van der Waals surface area contributed by atoms with Crippen molar-refractivity contribution in [3.63, 3.8) is 0 Å². The first kappa shape index (κ1) is 26.8. The van der Waals surface area contributed by atoms with Crippen LogP contribution in [0.3, 0.4) is 0 Å². The molecule has 2 N–H and O–H groups in total. The summed E-state index contributed by atoms with van der Waals surface area (Å²) in [6.07, 6.45) is 0. The molecule has 7 nitrogen and oxygen atoms in total. The quantitative estimate of drug-likeness (QED) is 0.238. The van der Waals surface area contributed by atoms with E-state index in [9.17, 15) is 14.0 Å². The highest BCUT2D eigenvalue weighted by molar-refractivity contribution is 9.10. The van der Waals surface area contributed by atoms with E-state index in [4.69, 9.17) is 11.6 Å². The van der Waals surface area contributed by atoms with Crippen LogP contribution in [0.4, 0.5) is 10.1 Å². The zero-order valence-electron chi connectivity index (χ0n) is 19.9. The second-order valence-corrected chi connectivity index (χ2v) is 10.4. The average molecular weight is 603 g/mol. The number of nitrogens with one attached hydrogen (secondary N) is 2. The lowest BCUT2D eigenvalue weighted by Crippen LogP contribution is -2.26. The van der Waals surface area contributed by atoms with E-state index in [0.29, 0.717) is 11.0 Å². The number of aryl methyl sites for hydroxylation is 2. The van der Waals surface area contributed by atoms with Crippen LogP contribution >= 0.6 is 39.3 Å². The fourth-order valence-corrected chi connectivity index (χ4v) is 4.79. The molecular weight excluding hydrogens is 581 g/mol. The van der Waals surface area contributed by atoms with E-state index in [1.807, 2.05) is 56.3 Å². The molecule has 0 aliphatic rings. The van der Waals surface area contributed by atoms with Crippen LogP contribution in [0.15, 0.2) is 70.3 Å². The van der Waals surface area contributed by atoms with E-state index in [-0.39, 0.29) is 28.8 Å². The predicted molar refractivity (Wildman–Crippen MR) is 147 cm³/mol. The number of benzene rings is 3. The summed E-state index contributed by atoms with van der Waals surface area (Å²) in [6, 6.07) is 17.3. The Bertz CT molecular complexity index is 1440. The highest BCUT2D eigenvalue weighted by atomic mass is 79.9. The van der Waals surface area contributed by atoms with Gasteiger partial charge in [-0.1, -0.05) is 57.5 Å². The number of carbonyl (C=O) groups is 2. The topological polar surface area (TPSA) is 88.9 Å². The molecule has 3 aromatic carbocycles. The molecule has 0 spiro atoms. The van der Waals surface area contributed by atoms with Crippen molar-refractivity contribution in [1.82, 2.24) is 20.1 Å². The number of hydrogen-bond acceptors (Lipinski definition) is 5. The van der Waals surface area contributed by atoms with Gasteiger partial charge in [-0.15, -0.1) is 10.2 Å². The van der Waals surface area contributed by atoms with Crippen LogP contribution in [0, 0.1) is 19.7 Å². The largest absolute Gasteiger partial charge is 0.345 e. The summed E-state index contributed by atoms with van der Waals surface area (Å²) in [5, 5.41) is 14.5. The molecule has 1 aromatic heterocycles. The molecule has 2 amide bonds. The van der Waals surface area contributed by atoms with Crippen molar-refractivity contribution in [2.24, 2.45) is 0 Å². The fraction of sp³-hybridized carbons (Fsp3) is 0.154. The third kappa shape index (κ3) is 6.57. The Labute approximate surface area is 231 Å². The molecule has 190 valence electrons. The molecular formula is C26H22BrClFN5O2S. The zero-order valence-corrected chi connectivity index (χ0v) is 23.0. The summed E-state index contributed by atoms with van der Waals surface area (Å²) in [5.41, 5.74) is 3.27. The molecule has 0 aliphatic carbocycles. The highest BCUT2D eigenvalue weighted by Crippen LogP contribution is 2.25. The number of amides is 2. The van der Waals surface area contributed by atoms with Crippen molar-refractivity contribution >= 4 is 56.8 Å². The van der Waals surface area contributed by atoms with Gasteiger partial charge in [-0.05, 0) is 67.4 Å². The average Bonchev–Trinajstić information content (AvgIpc) is 3.27. The van der Waals surface area contributed by atoms with Gasteiger partial charge in [0.15, 0.2) is 11.0 Å². The molecule has 0 radical (unpaired) electrons. The lowest BCUT2D eigenvalue weighted by Gasteiger charge is -2.12. The van der Waals surface area contributed by atoms with Crippen molar-refractivity contribution < 1.29 is 14.0 Å². The molecule has 0 atom stereocenters. The van der Waals surface area contributed by atoms with Crippen molar-refractivity contribution in [2.45, 2.75) is 25.5 Å². The number of halogens is 3. The van der Waals surface area contributed by atoms with Gasteiger partial charge in [-0.25, -0.2) is 4.39 Å². The number of nitrogens with zero attached hydrogens (tertiary/aromatic N) is 3. The standard InChI is InChI=1S/C26H22BrClFN5O2S/c1-15-6-7-16(2)21(12-15)31-23(35)14-37-26-33-32-22(34(26)18-10-8-17(27)9-11-18)13-30-25(36)24-19(28)4-3-5-20(24)29/h3-12H,13-14H2,1-2H3,(H,30,36)(H,31,35). The second-order valence-electron chi connectivity index (χ2n) is 8.15. The Balaban J connectivity index is 1.53. The zero-order chi connectivity index (χ0) is 26.5. The van der Waals surface area contributed by atoms with E-state index < -0.39 is 11.7 Å². The van der Waals surface area contributed by atoms with Gasteiger partial charge in [0.05, 0.1) is 22.9 Å². The molecule has 0 saturated heterocycles. The Morgan fingerprint density at radius 3 is 2.57 bits per heavy atom. The van der Waals surface area contributed by atoms with Crippen LogP contribution in [0.25, 0.3) is 5.69 Å². The minimum atomic E-state index is -0.717. The first-order valence-corrected chi connectivity index (χ1v) is 13.3. The second kappa shape index (κ2) is 11.9. The minimum absolute atomic E-state index is 0.0120. The number of anilines is 1. The number of aromatic nitrogens is 3. The molecule has 0 aliphatic heterocycles. The van der Waals surface area contributed by atoms with Gasteiger partial charge in [0.1, 0.15) is 5.82 Å². The van der Waals surface area contributed by atoms with E-state index >= 15 is 0 Å².